The van der Waals surface area contributed by atoms with Crippen LogP contribution in [0, 0.1) is 6.92 Å². The van der Waals surface area contributed by atoms with Crippen molar-refractivity contribution in [3.8, 4) is 10.7 Å². The molecule has 0 unspecified atom stereocenters. The van der Waals surface area contributed by atoms with Crippen LogP contribution in [-0.4, -0.2) is 9.97 Å². The maximum absolute atomic E-state index is 4.63. The first-order chi connectivity index (χ1) is 8.26. The van der Waals surface area contributed by atoms with Gasteiger partial charge in [-0.2, -0.15) is 0 Å². The van der Waals surface area contributed by atoms with Gasteiger partial charge in [-0.15, -0.1) is 11.3 Å². The van der Waals surface area contributed by atoms with Gasteiger partial charge in [-0.3, -0.25) is 0 Å². The van der Waals surface area contributed by atoms with E-state index in [2.05, 4.69) is 54.1 Å². The average Bonchev–Trinajstić information content (AvgIpc) is 2.93. The Morgan fingerprint density at radius 3 is 2.82 bits per heavy atom. The predicted octanol–water partition coefficient (Wildman–Crippen LogP) is 4.16. The molecule has 3 rings (SSSR count). The van der Waals surface area contributed by atoms with E-state index in [1.165, 1.54) is 15.3 Å². The highest BCUT2D eigenvalue weighted by atomic mass is 32.1. The maximum Gasteiger partial charge on any atom is 0.148 e. The molecule has 0 saturated carbocycles. The fourth-order valence-electron chi connectivity index (χ4n) is 1.96. The second kappa shape index (κ2) is 4.00. The van der Waals surface area contributed by atoms with E-state index in [0.29, 0.717) is 0 Å². The number of hydrogen-bond acceptors (Lipinski definition) is 2. The summed E-state index contributed by atoms with van der Waals surface area (Å²) in [5.74, 6) is 0.978. The summed E-state index contributed by atoms with van der Waals surface area (Å²) in [6, 6.07) is 10.7. The van der Waals surface area contributed by atoms with Crippen LogP contribution in [-0.2, 0) is 6.42 Å². The van der Waals surface area contributed by atoms with Crippen LogP contribution in [0.15, 0.2) is 30.3 Å². The smallest absolute Gasteiger partial charge is 0.148 e. The molecule has 86 valence electrons. The molecule has 0 spiro atoms. The van der Waals surface area contributed by atoms with Crippen molar-refractivity contribution in [2.24, 2.45) is 0 Å². The Balaban J connectivity index is 2.13. The van der Waals surface area contributed by atoms with Crippen LogP contribution in [0.5, 0.6) is 0 Å². The SMILES string of the molecule is CCc1ccc2nc(-c3ccc(C)s3)[nH]c2c1. The van der Waals surface area contributed by atoms with Gasteiger partial charge in [0.1, 0.15) is 5.82 Å². The van der Waals surface area contributed by atoms with Crippen molar-refractivity contribution < 1.29 is 0 Å². The van der Waals surface area contributed by atoms with Gasteiger partial charge >= 0.3 is 0 Å². The summed E-state index contributed by atoms with van der Waals surface area (Å²) in [4.78, 5) is 10.5. The van der Waals surface area contributed by atoms with Crippen LogP contribution in [0.4, 0.5) is 0 Å². The molecule has 0 atom stereocenters. The average molecular weight is 242 g/mol. The van der Waals surface area contributed by atoms with Crippen LogP contribution in [0.2, 0.25) is 0 Å². The number of rotatable bonds is 2. The van der Waals surface area contributed by atoms with E-state index in [-0.39, 0.29) is 0 Å². The third-order valence-corrected chi connectivity index (χ3v) is 3.94. The maximum atomic E-state index is 4.63. The number of H-pyrrole nitrogens is 1. The van der Waals surface area contributed by atoms with Crippen LogP contribution in [0.1, 0.15) is 17.4 Å². The van der Waals surface area contributed by atoms with Gasteiger partial charge in [-0.25, -0.2) is 4.98 Å². The van der Waals surface area contributed by atoms with Gasteiger partial charge in [-0.1, -0.05) is 13.0 Å². The number of thiophene rings is 1. The predicted molar refractivity (Wildman–Crippen MR) is 73.5 cm³/mol. The van der Waals surface area contributed by atoms with Crippen molar-refractivity contribution >= 4 is 22.4 Å². The summed E-state index contributed by atoms with van der Waals surface area (Å²) in [5.41, 5.74) is 3.52. The van der Waals surface area contributed by atoms with Gasteiger partial charge in [0.05, 0.1) is 15.9 Å². The zero-order chi connectivity index (χ0) is 11.8. The summed E-state index contributed by atoms with van der Waals surface area (Å²) < 4.78 is 0. The van der Waals surface area contributed by atoms with Crippen molar-refractivity contribution in [3.63, 3.8) is 0 Å². The van der Waals surface area contributed by atoms with Gasteiger partial charge in [0.15, 0.2) is 0 Å². The van der Waals surface area contributed by atoms with Crippen molar-refractivity contribution in [1.29, 1.82) is 0 Å². The van der Waals surface area contributed by atoms with Crippen molar-refractivity contribution in [2.45, 2.75) is 20.3 Å². The first-order valence-electron chi connectivity index (χ1n) is 5.81. The highest BCUT2D eigenvalue weighted by Crippen LogP contribution is 2.27. The normalized spacial score (nSPS) is 11.2. The molecule has 3 heteroatoms. The van der Waals surface area contributed by atoms with E-state index in [9.17, 15) is 0 Å². The highest BCUT2D eigenvalue weighted by Gasteiger charge is 2.07. The molecule has 3 aromatic rings. The van der Waals surface area contributed by atoms with Crippen LogP contribution in [0.3, 0.4) is 0 Å². The Labute approximate surface area is 104 Å². The Bertz CT molecular complexity index is 664. The van der Waals surface area contributed by atoms with E-state index in [0.717, 1.165) is 23.3 Å². The molecular formula is C14H14N2S. The fraction of sp³-hybridized carbons (Fsp3) is 0.214. The minimum atomic E-state index is 0.978. The Kier molecular flexibility index (Phi) is 2.48. The zero-order valence-corrected chi connectivity index (χ0v) is 10.8. The molecule has 1 N–H and O–H groups in total. The third-order valence-electron chi connectivity index (χ3n) is 2.93. The molecule has 2 nitrogen and oxygen atoms in total. The van der Waals surface area contributed by atoms with E-state index in [1.807, 2.05) is 0 Å². The second-order valence-corrected chi connectivity index (χ2v) is 5.49. The molecule has 0 aliphatic carbocycles. The Morgan fingerprint density at radius 1 is 1.24 bits per heavy atom. The van der Waals surface area contributed by atoms with Crippen LogP contribution in [0.25, 0.3) is 21.7 Å². The molecule has 17 heavy (non-hydrogen) atoms. The number of hydrogen-bond donors (Lipinski definition) is 1. The standard InChI is InChI=1S/C14H14N2S/c1-3-10-5-6-11-12(8-10)16-14(15-11)13-7-4-9(2)17-13/h4-8H,3H2,1-2H3,(H,15,16). The lowest BCUT2D eigenvalue weighted by molar-refractivity contribution is 1.14. The quantitative estimate of drug-likeness (QED) is 0.718. The summed E-state index contributed by atoms with van der Waals surface area (Å²) >= 11 is 1.77. The van der Waals surface area contributed by atoms with Gasteiger partial charge in [0.2, 0.25) is 0 Å². The molecule has 0 aliphatic heterocycles. The monoisotopic (exact) mass is 242 g/mol. The molecule has 0 saturated heterocycles. The number of nitrogens with one attached hydrogen (secondary N) is 1. The molecule has 2 heterocycles. The molecule has 0 fully saturated rings. The first kappa shape index (κ1) is 10.5. The minimum Gasteiger partial charge on any atom is -0.337 e. The largest absolute Gasteiger partial charge is 0.337 e. The van der Waals surface area contributed by atoms with E-state index < -0.39 is 0 Å². The number of aromatic nitrogens is 2. The Morgan fingerprint density at radius 2 is 2.12 bits per heavy atom. The van der Waals surface area contributed by atoms with Gasteiger partial charge < -0.3 is 4.98 Å². The van der Waals surface area contributed by atoms with Gasteiger partial charge in [0.25, 0.3) is 0 Å². The number of benzene rings is 1. The number of aryl methyl sites for hydroxylation is 2. The summed E-state index contributed by atoms with van der Waals surface area (Å²) in [6.45, 7) is 4.28. The molecule has 1 aromatic carbocycles. The molecule has 0 bridgehead atoms. The lowest BCUT2D eigenvalue weighted by Gasteiger charge is -1.93. The van der Waals surface area contributed by atoms with Crippen molar-refractivity contribution in [2.75, 3.05) is 0 Å². The summed E-state index contributed by atoms with van der Waals surface area (Å²) in [7, 11) is 0. The van der Waals surface area contributed by atoms with Gasteiger partial charge in [0, 0.05) is 4.88 Å². The zero-order valence-electron chi connectivity index (χ0n) is 9.95. The number of aromatic amines is 1. The molecule has 0 aliphatic rings. The number of fused-ring (bicyclic) bond motifs is 1. The second-order valence-electron chi connectivity index (χ2n) is 4.20. The van der Waals surface area contributed by atoms with Crippen molar-refractivity contribution in [1.82, 2.24) is 9.97 Å². The molecule has 0 amide bonds. The van der Waals surface area contributed by atoms with Gasteiger partial charge in [-0.05, 0) is 43.2 Å². The van der Waals surface area contributed by atoms with Crippen molar-refractivity contribution in [3.05, 3.63) is 40.8 Å². The topological polar surface area (TPSA) is 28.7 Å². The lowest BCUT2D eigenvalue weighted by atomic mass is 10.1. The fourth-order valence-corrected chi connectivity index (χ4v) is 2.77. The molecule has 0 radical (unpaired) electrons. The summed E-state index contributed by atoms with van der Waals surface area (Å²) in [5, 5.41) is 0. The molecular weight excluding hydrogens is 228 g/mol. The Hall–Kier alpha value is -1.61. The van der Waals surface area contributed by atoms with E-state index in [4.69, 9.17) is 0 Å². The third kappa shape index (κ3) is 1.87. The summed E-state index contributed by atoms with van der Waals surface area (Å²) in [6.07, 6.45) is 1.06. The number of nitrogens with zero attached hydrogens (tertiary/aromatic N) is 1. The highest BCUT2D eigenvalue weighted by molar-refractivity contribution is 7.15. The van der Waals surface area contributed by atoms with Crippen LogP contribution < -0.4 is 0 Å². The van der Waals surface area contributed by atoms with E-state index >= 15 is 0 Å². The van der Waals surface area contributed by atoms with E-state index in [1.54, 1.807) is 11.3 Å². The van der Waals surface area contributed by atoms with Crippen LogP contribution >= 0.6 is 11.3 Å². The molecule has 2 aromatic heterocycles. The number of imidazole rings is 1. The minimum absolute atomic E-state index is 0.978. The first-order valence-corrected chi connectivity index (χ1v) is 6.63. The lowest BCUT2D eigenvalue weighted by Crippen LogP contribution is -1.78.